The molecule has 2 aliphatic carbocycles. The Balaban J connectivity index is 1.82. The zero-order valence-electron chi connectivity index (χ0n) is 13.1. The molecular weight excluding hydrogens is 304 g/mol. The summed E-state index contributed by atoms with van der Waals surface area (Å²) in [5, 5.41) is 0. The first kappa shape index (κ1) is 16.0. The van der Waals surface area contributed by atoms with Crippen LogP contribution >= 0.6 is 0 Å². The summed E-state index contributed by atoms with van der Waals surface area (Å²) in [6.45, 7) is -2.92. The molecule has 0 radical (unpaired) electrons. The van der Waals surface area contributed by atoms with Crippen molar-refractivity contribution >= 4 is 5.91 Å². The Hall–Kier alpha value is -1.85. The van der Waals surface area contributed by atoms with Crippen molar-refractivity contribution in [1.29, 1.82) is 0 Å². The fourth-order valence-corrected chi connectivity index (χ4v) is 3.31. The Morgan fingerprint density at radius 3 is 2.35 bits per heavy atom. The van der Waals surface area contributed by atoms with Gasteiger partial charge >= 0.3 is 6.61 Å². The van der Waals surface area contributed by atoms with Crippen molar-refractivity contribution in [2.24, 2.45) is 0 Å². The van der Waals surface area contributed by atoms with Crippen LogP contribution in [0.5, 0.6) is 11.5 Å². The molecule has 1 aromatic carbocycles. The lowest BCUT2D eigenvalue weighted by atomic mass is 10.1. The molecule has 0 heterocycles. The number of halogens is 2. The maximum atomic E-state index is 12.9. The number of carbonyl (C=O) groups excluding carboxylic acids is 1. The molecule has 2 saturated carbocycles. The lowest BCUT2D eigenvalue weighted by Gasteiger charge is -2.29. The van der Waals surface area contributed by atoms with Crippen molar-refractivity contribution in [1.82, 2.24) is 4.90 Å². The number of hydrogen-bond donors (Lipinski definition) is 0. The van der Waals surface area contributed by atoms with E-state index >= 15 is 0 Å². The van der Waals surface area contributed by atoms with E-state index in [1.807, 2.05) is 4.90 Å². The SMILES string of the molecule is COc1cc(C(=O)N(C2CCCC2)C2CC2)ccc1OC(F)F. The fraction of sp³-hybridized carbons (Fsp3) is 0.588. The molecule has 4 nitrogen and oxygen atoms in total. The van der Waals surface area contributed by atoms with Gasteiger partial charge in [0.25, 0.3) is 5.91 Å². The van der Waals surface area contributed by atoms with E-state index in [1.165, 1.54) is 25.3 Å². The van der Waals surface area contributed by atoms with E-state index in [0.29, 0.717) is 17.6 Å². The van der Waals surface area contributed by atoms with Crippen LogP contribution in [0.25, 0.3) is 0 Å². The van der Waals surface area contributed by atoms with Gasteiger partial charge in [-0.2, -0.15) is 8.78 Å². The second-order valence-electron chi connectivity index (χ2n) is 6.13. The summed E-state index contributed by atoms with van der Waals surface area (Å²) >= 11 is 0. The lowest BCUT2D eigenvalue weighted by molar-refractivity contribution is -0.0512. The average molecular weight is 325 g/mol. The molecule has 1 amide bonds. The van der Waals surface area contributed by atoms with Crippen LogP contribution in [0.3, 0.4) is 0 Å². The van der Waals surface area contributed by atoms with Gasteiger partial charge in [0, 0.05) is 17.6 Å². The van der Waals surface area contributed by atoms with Crippen molar-refractivity contribution in [3.8, 4) is 11.5 Å². The molecule has 2 fully saturated rings. The van der Waals surface area contributed by atoms with Crippen LogP contribution in [0, 0.1) is 0 Å². The minimum atomic E-state index is -2.92. The summed E-state index contributed by atoms with van der Waals surface area (Å²) in [6.07, 6.45) is 6.51. The Morgan fingerprint density at radius 2 is 1.78 bits per heavy atom. The topological polar surface area (TPSA) is 38.8 Å². The number of amides is 1. The van der Waals surface area contributed by atoms with Gasteiger partial charge in [0.1, 0.15) is 0 Å². The van der Waals surface area contributed by atoms with Crippen molar-refractivity contribution in [3.63, 3.8) is 0 Å². The number of benzene rings is 1. The number of rotatable bonds is 6. The Labute approximate surface area is 134 Å². The quantitative estimate of drug-likeness (QED) is 0.797. The number of alkyl halides is 2. The summed E-state index contributed by atoms with van der Waals surface area (Å²) in [5.74, 6) is 0.0532. The van der Waals surface area contributed by atoms with Crippen LogP contribution in [0.2, 0.25) is 0 Å². The van der Waals surface area contributed by atoms with Gasteiger partial charge in [-0.3, -0.25) is 4.79 Å². The van der Waals surface area contributed by atoms with Gasteiger partial charge in [0.15, 0.2) is 11.5 Å². The predicted molar refractivity (Wildman–Crippen MR) is 81.1 cm³/mol. The highest BCUT2D eigenvalue weighted by molar-refractivity contribution is 5.95. The molecule has 0 bridgehead atoms. The fourth-order valence-electron chi connectivity index (χ4n) is 3.31. The highest BCUT2D eigenvalue weighted by atomic mass is 19.3. The average Bonchev–Trinajstić information content (AvgIpc) is 3.21. The number of ether oxygens (including phenoxy) is 2. The summed E-state index contributed by atoms with van der Waals surface area (Å²) in [7, 11) is 1.37. The molecule has 3 rings (SSSR count). The Morgan fingerprint density at radius 1 is 1.13 bits per heavy atom. The molecule has 23 heavy (non-hydrogen) atoms. The van der Waals surface area contributed by atoms with Gasteiger partial charge in [0.2, 0.25) is 0 Å². The lowest BCUT2D eigenvalue weighted by Crippen LogP contribution is -2.40. The molecule has 0 N–H and O–H groups in total. The molecule has 0 aromatic heterocycles. The molecule has 0 atom stereocenters. The molecular formula is C17H21F2NO3. The van der Waals surface area contributed by atoms with Gasteiger partial charge in [-0.1, -0.05) is 12.8 Å². The van der Waals surface area contributed by atoms with E-state index in [9.17, 15) is 13.6 Å². The highest BCUT2D eigenvalue weighted by Crippen LogP contribution is 2.37. The number of nitrogens with zero attached hydrogens (tertiary/aromatic N) is 1. The number of hydrogen-bond acceptors (Lipinski definition) is 3. The maximum Gasteiger partial charge on any atom is 0.387 e. The third-order valence-corrected chi connectivity index (χ3v) is 4.52. The molecule has 6 heteroatoms. The molecule has 0 spiro atoms. The van der Waals surface area contributed by atoms with Crippen LogP contribution in [0.1, 0.15) is 48.9 Å². The van der Waals surface area contributed by atoms with Gasteiger partial charge in [-0.15, -0.1) is 0 Å². The van der Waals surface area contributed by atoms with Gasteiger partial charge in [-0.05, 0) is 43.9 Å². The van der Waals surface area contributed by atoms with E-state index in [2.05, 4.69) is 4.74 Å². The molecule has 1 aromatic rings. The Bertz CT molecular complexity index is 569. The first-order valence-electron chi connectivity index (χ1n) is 8.05. The maximum absolute atomic E-state index is 12.9. The van der Waals surface area contributed by atoms with E-state index < -0.39 is 6.61 Å². The number of carbonyl (C=O) groups is 1. The van der Waals surface area contributed by atoms with Crippen LogP contribution in [0.15, 0.2) is 18.2 Å². The second kappa shape index (κ2) is 6.72. The summed E-state index contributed by atoms with van der Waals surface area (Å²) in [4.78, 5) is 14.9. The second-order valence-corrected chi connectivity index (χ2v) is 6.13. The van der Waals surface area contributed by atoms with Gasteiger partial charge < -0.3 is 14.4 Å². The third kappa shape index (κ3) is 3.57. The predicted octanol–water partition coefficient (Wildman–Crippen LogP) is 3.84. The normalized spacial score (nSPS) is 18.3. The van der Waals surface area contributed by atoms with E-state index in [1.54, 1.807) is 0 Å². The molecule has 0 saturated heterocycles. The van der Waals surface area contributed by atoms with Gasteiger partial charge in [-0.25, -0.2) is 0 Å². The van der Waals surface area contributed by atoms with Crippen molar-refractivity contribution in [2.75, 3.05) is 7.11 Å². The third-order valence-electron chi connectivity index (χ3n) is 4.52. The Kier molecular flexibility index (Phi) is 4.68. The smallest absolute Gasteiger partial charge is 0.387 e. The minimum absolute atomic E-state index is 0.0405. The largest absolute Gasteiger partial charge is 0.493 e. The van der Waals surface area contributed by atoms with E-state index in [4.69, 9.17) is 4.74 Å². The van der Waals surface area contributed by atoms with Crippen LogP contribution < -0.4 is 9.47 Å². The summed E-state index contributed by atoms with van der Waals surface area (Å²) in [6, 6.07) is 5.03. The molecule has 126 valence electrons. The first-order chi connectivity index (χ1) is 11.1. The summed E-state index contributed by atoms with van der Waals surface area (Å²) < 4.78 is 34.3. The standard InChI is InChI=1S/C17H21F2NO3/c1-22-15-10-11(6-9-14(15)23-17(18)19)16(21)20(13-7-8-13)12-4-2-3-5-12/h6,9-10,12-13,17H,2-5,7-8H2,1H3. The zero-order chi connectivity index (χ0) is 16.4. The number of methoxy groups -OCH3 is 1. The highest BCUT2D eigenvalue weighted by Gasteiger charge is 2.38. The van der Waals surface area contributed by atoms with Crippen molar-refractivity contribution in [2.45, 2.75) is 57.2 Å². The zero-order valence-corrected chi connectivity index (χ0v) is 13.1. The van der Waals surface area contributed by atoms with Crippen molar-refractivity contribution in [3.05, 3.63) is 23.8 Å². The summed E-state index contributed by atoms with van der Waals surface area (Å²) in [5.41, 5.74) is 0.460. The monoisotopic (exact) mass is 325 g/mol. The first-order valence-corrected chi connectivity index (χ1v) is 8.05. The van der Waals surface area contributed by atoms with Gasteiger partial charge in [0.05, 0.1) is 7.11 Å². The minimum Gasteiger partial charge on any atom is -0.493 e. The molecule has 0 unspecified atom stereocenters. The van der Waals surface area contributed by atoms with Crippen molar-refractivity contribution < 1.29 is 23.0 Å². The molecule has 0 aliphatic heterocycles. The van der Waals surface area contributed by atoms with Crippen LogP contribution in [-0.2, 0) is 0 Å². The van der Waals surface area contributed by atoms with E-state index in [0.717, 1.165) is 38.5 Å². The van der Waals surface area contributed by atoms with Crippen LogP contribution in [0.4, 0.5) is 8.78 Å². The van der Waals surface area contributed by atoms with E-state index in [-0.39, 0.29) is 17.4 Å². The molecule has 2 aliphatic rings. The van der Waals surface area contributed by atoms with Crippen LogP contribution in [-0.4, -0.2) is 36.6 Å².